The van der Waals surface area contributed by atoms with E-state index < -0.39 is 26.8 Å². The topological polar surface area (TPSA) is 66.5 Å². The molecule has 29 heavy (non-hydrogen) atoms. The molecule has 0 bridgehead atoms. The first-order valence-corrected chi connectivity index (χ1v) is 10.8. The molecule has 2 aliphatic rings. The molecule has 0 aromatic heterocycles. The molecule has 4 rings (SSSR count). The van der Waals surface area contributed by atoms with E-state index >= 15 is 0 Å². The molecule has 2 aromatic rings. The summed E-state index contributed by atoms with van der Waals surface area (Å²) in [4.78, 5) is 13.9. The second-order valence-corrected chi connectivity index (χ2v) is 9.19. The summed E-state index contributed by atoms with van der Waals surface area (Å²) in [6.45, 7) is 0.494. The lowest BCUT2D eigenvalue weighted by atomic mass is 10.2. The third kappa shape index (κ3) is 3.93. The molecule has 1 N–H and O–H groups in total. The Morgan fingerprint density at radius 3 is 2.52 bits per heavy atom. The van der Waals surface area contributed by atoms with E-state index in [1.807, 2.05) is 0 Å². The number of anilines is 2. The molecule has 1 aliphatic carbocycles. The maximum absolute atomic E-state index is 13.0. The number of sulfonamides is 1. The zero-order chi connectivity index (χ0) is 21.0. The van der Waals surface area contributed by atoms with Crippen LogP contribution >= 0.6 is 11.6 Å². The number of benzene rings is 2. The first-order valence-electron chi connectivity index (χ1n) is 8.90. The molecular formula is C19H16ClF3N2O3S. The molecule has 5 nitrogen and oxygen atoms in total. The highest BCUT2D eigenvalue weighted by Crippen LogP contribution is 2.38. The fourth-order valence-electron chi connectivity index (χ4n) is 3.33. The van der Waals surface area contributed by atoms with Gasteiger partial charge >= 0.3 is 6.18 Å². The van der Waals surface area contributed by atoms with Crippen molar-refractivity contribution in [2.45, 2.75) is 30.3 Å². The van der Waals surface area contributed by atoms with Crippen LogP contribution in [0.4, 0.5) is 24.5 Å². The van der Waals surface area contributed by atoms with E-state index in [4.69, 9.17) is 11.6 Å². The lowest BCUT2D eigenvalue weighted by Crippen LogP contribution is -2.30. The van der Waals surface area contributed by atoms with Crippen LogP contribution in [0.1, 0.15) is 24.0 Å². The van der Waals surface area contributed by atoms with Crippen LogP contribution in [0.25, 0.3) is 0 Å². The van der Waals surface area contributed by atoms with Crippen LogP contribution in [0.2, 0.25) is 5.02 Å². The van der Waals surface area contributed by atoms with Gasteiger partial charge in [0.15, 0.2) is 0 Å². The van der Waals surface area contributed by atoms with E-state index in [9.17, 15) is 26.4 Å². The Kier molecular flexibility index (Phi) is 4.77. The Hall–Kier alpha value is -2.26. The maximum atomic E-state index is 13.0. The lowest BCUT2D eigenvalue weighted by molar-refractivity contribution is -0.137. The molecular weight excluding hydrogens is 429 g/mol. The number of alkyl halides is 3. The van der Waals surface area contributed by atoms with Crippen LogP contribution in [-0.2, 0) is 27.4 Å². The Morgan fingerprint density at radius 2 is 1.86 bits per heavy atom. The van der Waals surface area contributed by atoms with Gasteiger partial charge in [0.2, 0.25) is 5.91 Å². The van der Waals surface area contributed by atoms with Gasteiger partial charge in [0, 0.05) is 23.8 Å². The van der Waals surface area contributed by atoms with Gasteiger partial charge in [-0.15, -0.1) is 0 Å². The molecule has 1 fully saturated rings. The van der Waals surface area contributed by atoms with E-state index in [0.717, 1.165) is 30.5 Å². The number of carbonyl (C=O) groups excluding carboxylic acids is 1. The Balaban J connectivity index is 1.64. The molecule has 154 valence electrons. The summed E-state index contributed by atoms with van der Waals surface area (Å²) < 4.78 is 66.7. The van der Waals surface area contributed by atoms with Crippen molar-refractivity contribution >= 4 is 38.9 Å². The third-order valence-corrected chi connectivity index (χ3v) is 6.69. The molecule has 0 saturated heterocycles. The van der Waals surface area contributed by atoms with Crippen LogP contribution in [-0.4, -0.2) is 20.9 Å². The summed E-state index contributed by atoms with van der Waals surface area (Å²) in [5.41, 5.74) is 0.0170. The molecule has 1 saturated carbocycles. The van der Waals surface area contributed by atoms with Crippen LogP contribution in [0.3, 0.4) is 0 Å². The summed E-state index contributed by atoms with van der Waals surface area (Å²) in [6.07, 6.45) is -2.41. The molecule has 2 aromatic carbocycles. The Bertz CT molecular complexity index is 1100. The van der Waals surface area contributed by atoms with Crippen LogP contribution in [0.15, 0.2) is 41.3 Å². The van der Waals surface area contributed by atoms with E-state index in [1.165, 1.54) is 12.1 Å². The number of nitrogens with zero attached hydrogens (tertiary/aromatic N) is 1. The van der Waals surface area contributed by atoms with Gasteiger partial charge < -0.3 is 4.90 Å². The van der Waals surface area contributed by atoms with E-state index in [-0.39, 0.29) is 22.4 Å². The zero-order valence-corrected chi connectivity index (χ0v) is 16.5. The van der Waals surface area contributed by atoms with Crippen molar-refractivity contribution < 1.29 is 26.4 Å². The number of carbonyl (C=O) groups is 1. The molecule has 1 amide bonds. The largest absolute Gasteiger partial charge is 0.417 e. The number of fused-ring (bicyclic) bond motifs is 1. The fraction of sp³-hybridized carbons (Fsp3) is 0.316. The number of hydrogen-bond acceptors (Lipinski definition) is 3. The minimum Gasteiger partial charge on any atom is -0.312 e. The lowest BCUT2D eigenvalue weighted by Gasteiger charge is -2.18. The van der Waals surface area contributed by atoms with E-state index in [0.29, 0.717) is 24.7 Å². The van der Waals surface area contributed by atoms with Crippen molar-refractivity contribution in [3.05, 3.63) is 52.5 Å². The average molecular weight is 445 g/mol. The molecule has 0 spiro atoms. The summed E-state index contributed by atoms with van der Waals surface area (Å²) in [6, 6.07) is 7.20. The van der Waals surface area contributed by atoms with Gasteiger partial charge in [0.1, 0.15) is 0 Å². The predicted octanol–water partition coefficient (Wildman–Crippen LogP) is 4.46. The summed E-state index contributed by atoms with van der Waals surface area (Å²) in [7, 11) is -4.16. The number of hydrogen-bond donors (Lipinski definition) is 1. The zero-order valence-electron chi connectivity index (χ0n) is 15.0. The predicted molar refractivity (Wildman–Crippen MR) is 102 cm³/mol. The van der Waals surface area contributed by atoms with Gasteiger partial charge in [0.25, 0.3) is 10.0 Å². The summed E-state index contributed by atoms with van der Waals surface area (Å²) in [5, 5.41) is -0.521. The quantitative estimate of drug-likeness (QED) is 0.757. The van der Waals surface area contributed by atoms with Gasteiger partial charge in [-0.05, 0) is 55.2 Å². The monoisotopic (exact) mass is 444 g/mol. The number of rotatable bonds is 4. The van der Waals surface area contributed by atoms with Gasteiger partial charge in [0.05, 0.1) is 15.5 Å². The summed E-state index contributed by atoms with van der Waals surface area (Å²) in [5.74, 6) is -0.0204. The maximum Gasteiger partial charge on any atom is 0.417 e. The van der Waals surface area contributed by atoms with Crippen molar-refractivity contribution in [2.24, 2.45) is 5.92 Å². The number of nitrogens with one attached hydrogen (secondary N) is 1. The highest BCUT2D eigenvalue weighted by atomic mass is 35.5. The standard InChI is InChI=1S/C19H16ClF3N2O3S/c20-16-6-4-13(9-15(16)19(21,22)23)24-29(27,28)14-5-3-11-7-8-25(17(11)10-14)18(26)12-1-2-12/h3-6,9-10,12,24H,1-2,7-8H2. The highest BCUT2D eigenvalue weighted by Gasteiger charge is 2.37. The molecule has 1 heterocycles. The van der Waals surface area contributed by atoms with E-state index in [1.54, 1.807) is 11.0 Å². The normalized spacial score (nSPS) is 16.6. The second kappa shape index (κ2) is 6.91. The second-order valence-electron chi connectivity index (χ2n) is 7.10. The van der Waals surface area contributed by atoms with Gasteiger partial charge in [-0.3, -0.25) is 9.52 Å². The molecule has 0 unspecified atom stereocenters. The smallest absolute Gasteiger partial charge is 0.312 e. The van der Waals surface area contributed by atoms with Crippen LogP contribution < -0.4 is 9.62 Å². The molecule has 10 heteroatoms. The fourth-order valence-corrected chi connectivity index (χ4v) is 4.62. The minimum absolute atomic E-state index is 0.00537. The van der Waals surface area contributed by atoms with Crippen molar-refractivity contribution in [2.75, 3.05) is 16.2 Å². The third-order valence-electron chi connectivity index (χ3n) is 4.98. The van der Waals surface area contributed by atoms with Crippen molar-refractivity contribution in [1.29, 1.82) is 0 Å². The molecule has 0 radical (unpaired) electrons. The van der Waals surface area contributed by atoms with Crippen molar-refractivity contribution in [1.82, 2.24) is 0 Å². The van der Waals surface area contributed by atoms with Gasteiger partial charge in [-0.2, -0.15) is 13.2 Å². The summed E-state index contributed by atoms with van der Waals surface area (Å²) >= 11 is 5.57. The van der Waals surface area contributed by atoms with Crippen LogP contribution in [0, 0.1) is 5.92 Å². The van der Waals surface area contributed by atoms with Crippen molar-refractivity contribution in [3.63, 3.8) is 0 Å². The first kappa shape index (κ1) is 20.0. The van der Waals surface area contributed by atoms with E-state index in [2.05, 4.69) is 4.72 Å². The average Bonchev–Trinajstić information content (AvgIpc) is 3.40. The Labute approximate surface area is 170 Å². The number of amides is 1. The highest BCUT2D eigenvalue weighted by molar-refractivity contribution is 7.92. The van der Waals surface area contributed by atoms with Crippen LogP contribution in [0.5, 0.6) is 0 Å². The van der Waals surface area contributed by atoms with Gasteiger partial charge in [-0.1, -0.05) is 17.7 Å². The van der Waals surface area contributed by atoms with Crippen molar-refractivity contribution in [3.8, 4) is 0 Å². The molecule has 0 atom stereocenters. The Morgan fingerprint density at radius 1 is 1.14 bits per heavy atom. The molecule has 1 aliphatic heterocycles. The number of halogens is 4. The minimum atomic E-state index is -4.71. The SMILES string of the molecule is O=C(C1CC1)N1CCc2ccc(S(=O)(=O)Nc3ccc(Cl)c(C(F)(F)F)c3)cc21. The first-order chi connectivity index (χ1) is 13.6. The van der Waals surface area contributed by atoms with Gasteiger partial charge in [-0.25, -0.2) is 8.42 Å².